The second kappa shape index (κ2) is 7.61. The van der Waals surface area contributed by atoms with E-state index < -0.39 is 5.92 Å². The molecule has 0 fully saturated rings. The molecule has 2 rings (SSSR count). The number of esters is 1. The van der Waals surface area contributed by atoms with Crippen molar-refractivity contribution in [3.8, 4) is 5.75 Å². The number of nitrogens with zero attached hydrogens (tertiary/aromatic N) is 1. The first-order chi connectivity index (χ1) is 10.6. The Bertz CT molecular complexity index is 651. The maximum absolute atomic E-state index is 12.1. The van der Waals surface area contributed by atoms with Gasteiger partial charge in [-0.3, -0.25) is 9.79 Å². The summed E-state index contributed by atoms with van der Waals surface area (Å²) < 4.78 is 5.09. The van der Waals surface area contributed by atoms with Gasteiger partial charge in [-0.05, 0) is 48.9 Å². The van der Waals surface area contributed by atoms with E-state index in [2.05, 4.69) is 4.99 Å². The van der Waals surface area contributed by atoms with Crippen LogP contribution < -0.4 is 0 Å². The van der Waals surface area contributed by atoms with Crippen molar-refractivity contribution in [1.82, 2.24) is 0 Å². The first-order valence-corrected chi connectivity index (χ1v) is 7.23. The van der Waals surface area contributed by atoms with E-state index in [1.165, 1.54) is 18.3 Å². The third kappa shape index (κ3) is 4.33. The van der Waals surface area contributed by atoms with E-state index in [1.54, 1.807) is 43.3 Å². The minimum atomic E-state index is -0.606. The monoisotopic (exact) mass is 317 g/mol. The lowest BCUT2D eigenvalue weighted by Gasteiger charge is -2.11. The van der Waals surface area contributed by atoms with Gasteiger partial charge in [-0.2, -0.15) is 0 Å². The summed E-state index contributed by atoms with van der Waals surface area (Å²) in [6.07, 6.45) is 1.54. The van der Waals surface area contributed by atoms with Gasteiger partial charge in [0.15, 0.2) is 0 Å². The van der Waals surface area contributed by atoms with Crippen LogP contribution in [-0.4, -0.2) is 23.9 Å². The summed E-state index contributed by atoms with van der Waals surface area (Å²) in [6.45, 7) is 2.06. The lowest BCUT2D eigenvalue weighted by molar-refractivity contribution is -0.143. The molecular formula is C17H16ClNO3. The van der Waals surface area contributed by atoms with Crippen molar-refractivity contribution in [3.05, 3.63) is 59.1 Å². The van der Waals surface area contributed by atoms with E-state index in [9.17, 15) is 9.90 Å². The quantitative estimate of drug-likeness (QED) is 0.667. The maximum atomic E-state index is 12.1. The van der Waals surface area contributed by atoms with Gasteiger partial charge in [-0.15, -0.1) is 0 Å². The molecule has 0 saturated heterocycles. The summed E-state index contributed by atoms with van der Waals surface area (Å²) in [6, 6.07) is 13.4. The predicted octanol–water partition coefficient (Wildman–Crippen LogP) is 4.09. The summed E-state index contributed by atoms with van der Waals surface area (Å²) in [4.78, 5) is 16.4. The highest BCUT2D eigenvalue weighted by atomic mass is 35.5. The van der Waals surface area contributed by atoms with Crippen LogP contribution >= 0.6 is 11.6 Å². The van der Waals surface area contributed by atoms with Gasteiger partial charge >= 0.3 is 5.97 Å². The van der Waals surface area contributed by atoms with E-state index in [0.29, 0.717) is 17.3 Å². The summed E-state index contributed by atoms with van der Waals surface area (Å²) in [5.74, 6) is -0.808. The number of aromatic hydroxyl groups is 1. The average molecular weight is 318 g/mol. The number of benzene rings is 2. The molecule has 5 heteroatoms. The molecule has 1 unspecified atom stereocenters. The third-order valence-electron chi connectivity index (χ3n) is 2.99. The molecule has 1 atom stereocenters. The van der Waals surface area contributed by atoms with Crippen LogP contribution in [-0.2, 0) is 9.53 Å². The molecule has 22 heavy (non-hydrogen) atoms. The molecule has 2 aromatic rings. The van der Waals surface area contributed by atoms with E-state index >= 15 is 0 Å². The fourth-order valence-electron chi connectivity index (χ4n) is 1.88. The van der Waals surface area contributed by atoms with Crippen LogP contribution in [0.15, 0.2) is 53.5 Å². The molecule has 0 aliphatic rings. The van der Waals surface area contributed by atoms with Crippen LogP contribution in [0.5, 0.6) is 5.75 Å². The van der Waals surface area contributed by atoms with Crippen molar-refractivity contribution in [1.29, 1.82) is 0 Å². The molecule has 4 nitrogen and oxygen atoms in total. The van der Waals surface area contributed by atoms with Crippen LogP contribution in [0.25, 0.3) is 0 Å². The lowest BCUT2D eigenvalue weighted by atomic mass is 10.0. The summed E-state index contributed by atoms with van der Waals surface area (Å²) in [5, 5.41) is 9.86. The van der Waals surface area contributed by atoms with Crippen LogP contribution in [0.3, 0.4) is 0 Å². The SMILES string of the molecule is CCOC(=O)C(C=Nc1ccc(O)cc1)c1ccc(Cl)cc1. The Labute approximate surface area is 134 Å². The number of phenols is 1. The minimum absolute atomic E-state index is 0.165. The normalized spacial score (nSPS) is 12.3. The second-order valence-corrected chi connectivity index (χ2v) is 5.01. The van der Waals surface area contributed by atoms with Gasteiger partial charge in [-0.25, -0.2) is 0 Å². The molecule has 0 aliphatic carbocycles. The van der Waals surface area contributed by atoms with Crippen LogP contribution in [0.1, 0.15) is 18.4 Å². The molecule has 2 aromatic carbocycles. The van der Waals surface area contributed by atoms with E-state index in [-0.39, 0.29) is 11.7 Å². The van der Waals surface area contributed by atoms with Gasteiger partial charge in [0.2, 0.25) is 0 Å². The van der Waals surface area contributed by atoms with Gasteiger partial charge in [0, 0.05) is 11.2 Å². The number of aliphatic imine (C=N–C) groups is 1. The van der Waals surface area contributed by atoms with Crippen molar-refractivity contribution in [3.63, 3.8) is 0 Å². The number of hydrogen-bond acceptors (Lipinski definition) is 4. The Morgan fingerprint density at radius 3 is 2.45 bits per heavy atom. The summed E-state index contributed by atoms with van der Waals surface area (Å²) in [7, 11) is 0. The van der Waals surface area contributed by atoms with E-state index in [0.717, 1.165) is 5.56 Å². The third-order valence-corrected chi connectivity index (χ3v) is 3.24. The highest BCUT2D eigenvalue weighted by molar-refractivity contribution is 6.30. The molecule has 1 N–H and O–H groups in total. The van der Waals surface area contributed by atoms with Gasteiger partial charge in [0.05, 0.1) is 12.3 Å². The Kier molecular flexibility index (Phi) is 5.55. The molecule has 0 amide bonds. The zero-order valence-corrected chi connectivity index (χ0v) is 12.8. The van der Waals surface area contributed by atoms with Crippen LogP contribution in [0.4, 0.5) is 5.69 Å². The number of rotatable bonds is 5. The minimum Gasteiger partial charge on any atom is -0.508 e. The topological polar surface area (TPSA) is 58.9 Å². The average Bonchev–Trinajstić information content (AvgIpc) is 2.51. The van der Waals surface area contributed by atoms with E-state index in [4.69, 9.17) is 16.3 Å². The van der Waals surface area contributed by atoms with Crippen molar-refractivity contribution in [2.45, 2.75) is 12.8 Å². The molecule has 0 spiro atoms. The van der Waals surface area contributed by atoms with Gasteiger partial charge < -0.3 is 9.84 Å². The van der Waals surface area contributed by atoms with Crippen molar-refractivity contribution < 1.29 is 14.6 Å². The Hall–Kier alpha value is -2.33. The van der Waals surface area contributed by atoms with Crippen molar-refractivity contribution in [2.75, 3.05) is 6.61 Å². The number of ether oxygens (including phenoxy) is 1. The fraction of sp³-hybridized carbons (Fsp3) is 0.176. The predicted molar refractivity (Wildman–Crippen MR) is 87.1 cm³/mol. The highest BCUT2D eigenvalue weighted by Crippen LogP contribution is 2.21. The summed E-state index contributed by atoms with van der Waals surface area (Å²) in [5.41, 5.74) is 1.39. The molecule has 0 radical (unpaired) electrons. The number of hydrogen-bond donors (Lipinski definition) is 1. The molecule has 0 aliphatic heterocycles. The van der Waals surface area contributed by atoms with Crippen molar-refractivity contribution in [2.24, 2.45) is 4.99 Å². The molecule has 114 valence electrons. The first-order valence-electron chi connectivity index (χ1n) is 6.85. The maximum Gasteiger partial charge on any atom is 0.318 e. The largest absolute Gasteiger partial charge is 0.508 e. The summed E-state index contributed by atoms with van der Waals surface area (Å²) >= 11 is 5.87. The van der Waals surface area contributed by atoms with Crippen LogP contribution in [0, 0.1) is 0 Å². The zero-order valence-electron chi connectivity index (χ0n) is 12.1. The molecule has 0 saturated carbocycles. The van der Waals surface area contributed by atoms with Crippen molar-refractivity contribution >= 4 is 29.5 Å². The number of halogens is 1. The lowest BCUT2D eigenvalue weighted by Crippen LogP contribution is -2.17. The van der Waals surface area contributed by atoms with Crippen LogP contribution in [0.2, 0.25) is 5.02 Å². The molecule has 0 aromatic heterocycles. The fourth-order valence-corrected chi connectivity index (χ4v) is 2.01. The Morgan fingerprint density at radius 2 is 1.86 bits per heavy atom. The first kappa shape index (κ1) is 16.0. The molecule has 0 bridgehead atoms. The molecule has 0 heterocycles. The van der Waals surface area contributed by atoms with Gasteiger partial charge in [0.25, 0.3) is 0 Å². The second-order valence-electron chi connectivity index (χ2n) is 4.58. The van der Waals surface area contributed by atoms with Gasteiger partial charge in [-0.1, -0.05) is 23.7 Å². The standard InChI is InChI=1S/C17H16ClNO3/c1-2-22-17(21)16(12-3-5-13(18)6-4-12)11-19-14-7-9-15(20)10-8-14/h3-11,16,20H,2H2,1H3. The number of carbonyl (C=O) groups is 1. The smallest absolute Gasteiger partial charge is 0.318 e. The number of phenolic OH excluding ortho intramolecular Hbond substituents is 1. The molecular weight excluding hydrogens is 302 g/mol. The Balaban J connectivity index is 2.26. The zero-order chi connectivity index (χ0) is 15.9. The Morgan fingerprint density at radius 1 is 1.23 bits per heavy atom. The number of carbonyl (C=O) groups excluding carboxylic acids is 1. The van der Waals surface area contributed by atoms with E-state index in [1.807, 2.05) is 0 Å². The highest BCUT2D eigenvalue weighted by Gasteiger charge is 2.19. The van der Waals surface area contributed by atoms with Gasteiger partial charge in [0.1, 0.15) is 11.7 Å².